The van der Waals surface area contributed by atoms with Crippen molar-refractivity contribution in [1.82, 2.24) is 0 Å². The maximum atomic E-state index is 11.2. The minimum absolute atomic E-state index is 0.0511. The number of nitro benzene ring substituents is 1. The number of hydrogen-bond donors (Lipinski definition) is 0. The fraction of sp³-hybridized carbons (Fsp3) is 0. The van der Waals surface area contributed by atoms with E-state index >= 15 is 0 Å². The van der Waals surface area contributed by atoms with Crippen LogP contribution in [0.3, 0.4) is 0 Å². The molecule has 6 nitrogen and oxygen atoms in total. The highest BCUT2D eigenvalue weighted by Crippen LogP contribution is 2.35. The summed E-state index contributed by atoms with van der Waals surface area (Å²) in [5.41, 5.74) is -0.731. The summed E-state index contributed by atoms with van der Waals surface area (Å²) < 4.78 is 22.1. The summed E-state index contributed by atoms with van der Waals surface area (Å²) in [5, 5.41) is 19.2. The first-order valence-corrected chi connectivity index (χ1v) is 6.71. The fourth-order valence-electron chi connectivity index (χ4n) is 1.01. The van der Waals surface area contributed by atoms with E-state index in [1.165, 1.54) is 0 Å². The Balaban J connectivity index is 3.79. The van der Waals surface area contributed by atoms with Crippen molar-refractivity contribution in [3.05, 3.63) is 32.3 Å². The van der Waals surface area contributed by atoms with Crippen LogP contribution in [0.1, 0.15) is 5.56 Å². The van der Waals surface area contributed by atoms with Crippen LogP contribution >= 0.6 is 26.6 Å². The third-order valence-electron chi connectivity index (χ3n) is 1.64. The fourth-order valence-corrected chi connectivity index (χ4v) is 3.54. The molecule has 1 aromatic rings. The van der Waals surface area contributed by atoms with Crippen molar-refractivity contribution in [1.29, 1.82) is 5.26 Å². The molecule has 0 N–H and O–H groups in total. The Morgan fingerprint density at radius 3 is 2.44 bits per heavy atom. The molecule has 0 amide bonds. The van der Waals surface area contributed by atoms with Gasteiger partial charge in [-0.3, -0.25) is 10.1 Å². The molecule has 0 aromatic heterocycles. The summed E-state index contributed by atoms with van der Waals surface area (Å²) >= 11 is 2.81. The van der Waals surface area contributed by atoms with Crippen LogP contribution in [0.15, 0.2) is 21.5 Å². The molecular formula is C7H2BrClN2O4S. The zero-order valence-electron chi connectivity index (χ0n) is 7.35. The molecule has 84 valence electrons. The third-order valence-corrected chi connectivity index (χ3v) is 4.09. The second kappa shape index (κ2) is 4.37. The van der Waals surface area contributed by atoms with Crippen LogP contribution < -0.4 is 0 Å². The summed E-state index contributed by atoms with van der Waals surface area (Å²) in [7, 11) is 0.761. The number of nitro groups is 1. The Bertz CT molecular complexity index is 608. The van der Waals surface area contributed by atoms with Gasteiger partial charge in [-0.15, -0.1) is 0 Å². The molecule has 16 heavy (non-hydrogen) atoms. The van der Waals surface area contributed by atoms with Crippen molar-refractivity contribution in [3.63, 3.8) is 0 Å². The molecule has 0 spiro atoms. The van der Waals surface area contributed by atoms with Gasteiger partial charge in [0.15, 0.2) is 4.90 Å². The normalized spacial score (nSPS) is 10.8. The first kappa shape index (κ1) is 12.9. The van der Waals surface area contributed by atoms with Crippen molar-refractivity contribution >= 4 is 41.4 Å². The van der Waals surface area contributed by atoms with Gasteiger partial charge in [-0.05, 0) is 22.0 Å². The average Bonchev–Trinajstić information content (AvgIpc) is 2.14. The topological polar surface area (TPSA) is 101 Å². The van der Waals surface area contributed by atoms with Gasteiger partial charge in [0.2, 0.25) is 0 Å². The highest BCUT2D eigenvalue weighted by Gasteiger charge is 2.28. The molecule has 0 fully saturated rings. The zero-order valence-corrected chi connectivity index (χ0v) is 10.5. The largest absolute Gasteiger partial charge is 0.290 e. The van der Waals surface area contributed by atoms with Crippen molar-refractivity contribution in [2.45, 2.75) is 4.90 Å². The number of rotatable bonds is 2. The van der Waals surface area contributed by atoms with Crippen LogP contribution in [-0.2, 0) is 9.05 Å². The van der Waals surface area contributed by atoms with Crippen LogP contribution in [0.25, 0.3) is 0 Å². The third kappa shape index (κ3) is 2.32. The van der Waals surface area contributed by atoms with Crippen LogP contribution in [0.4, 0.5) is 5.69 Å². The molecule has 0 radical (unpaired) electrons. The van der Waals surface area contributed by atoms with E-state index in [1.54, 1.807) is 6.07 Å². The molecule has 0 aliphatic rings. The summed E-state index contributed by atoms with van der Waals surface area (Å²) in [6.07, 6.45) is 0. The van der Waals surface area contributed by atoms with E-state index in [1.807, 2.05) is 0 Å². The lowest BCUT2D eigenvalue weighted by molar-refractivity contribution is -0.387. The van der Waals surface area contributed by atoms with E-state index in [4.69, 9.17) is 15.9 Å². The van der Waals surface area contributed by atoms with Gasteiger partial charge in [0, 0.05) is 16.7 Å². The van der Waals surface area contributed by atoms with E-state index < -0.39 is 24.6 Å². The monoisotopic (exact) mass is 324 g/mol. The number of halogens is 2. The molecule has 0 heterocycles. The minimum Gasteiger partial charge on any atom is -0.258 e. The predicted octanol–water partition coefficient (Wildman–Crippen LogP) is 2.16. The highest BCUT2D eigenvalue weighted by atomic mass is 79.9. The molecule has 0 saturated carbocycles. The van der Waals surface area contributed by atoms with E-state index in [9.17, 15) is 18.5 Å². The van der Waals surface area contributed by atoms with Gasteiger partial charge < -0.3 is 0 Å². The molecule has 0 atom stereocenters. The lowest BCUT2D eigenvalue weighted by atomic mass is 10.2. The summed E-state index contributed by atoms with van der Waals surface area (Å²) in [4.78, 5) is 9.00. The van der Waals surface area contributed by atoms with Crippen LogP contribution in [-0.4, -0.2) is 13.3 Å². The minimum atomic E-state index is -4.31. The number of nitrogens with zero attached hydrogens (tertiary/aromatic N) is 2. The molecule has 0 saturated heterocycles. The van der Waals surface area contributed by atoms with Gasteiger partial charge in [-0.2, -0.15) is 5.26 Å². The summed E-state index contributed by atoms with van der Waals surface area (Å²) in [6.45, 7) is 0. The lowest BCUT2D eigenvalue weighted by Gasteiger charge is -2.03. The average molecular weight is 326 g/mol. The summed E-state index contributed by atoms with van der Waals surface area (Å²) in [5.74, 6) is 0. The quantitative estimate of drug-likeness (QED) is 0.471. The van der Waals surface area contributed by atoms with Gasteiger partial charge in [-0.1, -0.05) is 0 Å². The molecule has 0 unspecified atom stereocenters. The SMILES string of the molecule is N#Cc1ccc([N+](=O)[O-])c(S(=O)(=O)Cl)c1Br. The van der Waals surface area contributed by atoms with Gasteiger partial charge in [0.25, 0.3) is 14.7 Å². The smallest absolute Gasteiger partial charge is 0.258 e. The zero-order chi connectivity index (χ0) is 12.5. The van der Waals surface area contributed by atoms with Gasteiger partial charge in [0.1, 0.15) is 6.07 Å². The Morgan fingerprint density at radius 1 is 1.50 bits per heavy atom. The predicted molar refractivity (Wildman–Crippen MR) is 58.6 cm³/mol. The van der Waals surface area contributed by atoms with Crippen molar-refractivity contribution in [3.8, 4) is 6.07 Å². The number of hydrogen-bond acceptors (Lipinski definition) is 5. The van der Waals surface area contributed by atoms with Gasteiger partial charge >= 0.3 is 0 Å². The van der Waals surface area contributed by atoms with E-state index in [-0.39, 0.29) is 10.0 Å². The Labute approximate surface area is 103 Å². The van der Waals surface area contributed by atoms with Crippen molar-refractivity contribution < 1.29 is 13.3 Å². The van der Waals surface area contributed by atoms with Crippen molar-refractivity contribution in [2.75, 3.05) is 0 Å². The highest BCUT2D eigenvalue weighted by molar-refractivity contribution is 9.10. The molecule has 0 bridgehead atoms. The van der Waals surface area contributed by atoms with E-state index in [0.717, 1.165) is 12.1 Å². The molecule has 1 rings (SSSR count). The Morgan fingerprint density at radius 2 is 2.06 bits per heavy atom. The Kier molecular flexibility index (Phi) is 3.52. The molecule has 0 aliphatic carbocycles. The molecule has 0 aliphatic heterocycles. The maximum absolute atomic E-state index is 11.2. The molecular weight excluding hydrogens is 324 g/mol. The van der Waals surface area contributed by atoms with Gasteiger partial charge in [-0.25, -0.2) is 8.42 Å². The molecule has 9 heteroatoms. The second-order valence-corrected chi connectivity index (χ2v) is 5.88. The molecule has 1 aromatic carbocycles. The maximum Gasteiger partial charge on any atom is 0.290 e. The van der Waals surface area contributed by atoms with Crippen LogP contribution in [0.5, 0.6) is 0 Å². The second-order valence-electron chi connectivity index (χ2n) is 2.58. The van der Waals surface area contributed by atoms with E-state index in [2.05, 4.69) is 15.9 Å². The number of benzene rings is 1. The van der Waals surface area contributed by atoms with Crippen molar-refractivity contribution in [2.24, 2.45) is 0 Å². The standard InChI is InChI=1S/C7H2BrClN2O4S/c8-6-4(3-10)1-2-5(11(12)13)7(6)16(9,14)15/h1-2H. The lowest BCUT2D eigenvalue weighted by Crippen LogP contribution is -2.01. The Hall–Kier alpha value is -1.17. The summed E-state index contributed by atoms with van der Waals surface area (Å²) in [6, 6.07) is 3.73. The first-order valence-electron chi connectivity index (χ1n) is 3.60. The van der Waals surface area contributed by atoms with Crippen LogP contribution in [0, 0.1) is 21.4 Å². The van der Waals surface area contributed by atoms with Crippen LogP contribution in [0.2, 0.25) is 0 Å². The first-order chi connectivity index (χ1) is 7.29. The van der Waals surface area contributed by atoms with E-state index in [0.29, 0.717) is 0 Å². The van der Waals surface area contributed by atoms with Gasteiger partial charge in [0.05, 0.1) is 15.0 Å². The number of nitriles is 1.